The van der Waals surface area contributed by atoms with E-state index in [0.29, 0.717) is 6.42 Å². The minimum absolute atomic E-state index is 0.0263. The van der Waals surface area contributed by atoms with E-state index in [1.807, 2.05) is 13.8 Å². The summed E-state index contributed by atoms with van der Waals surface area (Å²) in [6.45, 7) is 3.69. The molecule has 0 aliphatic heterocycles. The van der Waals surface area contributed by atoms with Crippen molar-refractivity contribution < 1.29 is 17.9 Å². The lowest BCUT2D eigenvalue weighted by atomic mass is 9.65. The molecule has 1 aliphatic carbocycles. The Morgan fingerprint density at radius 1 is 1.47 bits per heavy atom. The average molecular weight is 245 g/mol. The van der Waals surface area contributed by atoms with Crippen LogP contribution in [0.15, 0.2) is 0 Å². The fourth-order valence-electron chi connectivity index (χ4n) is 1.79. The lowest BCUT2D eigenvalue weighted by molar-refractivity contribution is -0.166. The molecule has 1 aliphatic rings. The zero-order chi connectivity index (χ0) is 11.7. The van der Waals surface area contributed by atoms with E-state index in [1.165, 1.54) is 0 Å². The fraction of sp³-hybridized carbons (Fsp3) is 1.00. The Balaban J connectivity index is 2.30. The lowest BCUT2D eigenvalue weighted by Gasteiger charge is -2.50. The summed E-state index contributed by atoms with van der Waals surface area (Å²) >= 11 is 6.02. The Hall–Kier alpha value is 0.0400. The van der Waals surface area contributed by atoms with E-state index in [2.05, 4.69) is 0 Å². The monoisotopic (exact) mass is 244 g/mol. The van der Waals surface area contributed by atoms with Gasteiger partial charge < -0.3 is 4.74 Å². The van der Waals surface area contributed by atoms with E-state index in [4.69, 9.17) is 16.3 Å². The van der Waals surface area contributed by atoms with E-state index < -0.39 is 12.6 Å². The summed E-state index contributed by atoms with van der Waals surface area (Å²) < 4.78 is 40.8. The summed E-state index contributed by atoms with van der Waals surface area (Å²) in [7, 11) is 0. The zero-order valence-electron chi connectivity index (χ0n) is 8.90. The number of alkyl halides is 4. The van der Waals surface area contributed by atoms with Crippen molar-refractivity contribution in [2.24, 2.45) is 5.41 Å². The Labute approximate surface area is 92.9 Å². The van der Waals surface area contributed by atoms with Gasteiger partial charge in [-0.1, -0.05) is 13.8 Å². The van der Waals surface area contributed by atoms with Crippen LogP contribution in [0.5, 0.6) is 0 Å². The molecule has 0 N–H and O–H groups in total. The van der Waals surface area contributed by atoms with Crippen LogP contribution in [-0.4, -0.2) is 24.3 Å². The minimum atomic E-state index is -4.13. The summed E-state index contributed by atoms with van der Waals surface area (Å²) in [5.74, 6) is 0. The van der Waals surface area contributed by atoms with E-state index in [9.17, 15) is 13.2 Å². The topological polar surface area (TPSA) is 9.23 Å². The first-order valence-corrected chi connectivity index (χ1v) is 5.55. The molecule has 0 amide bonds. The molecule has 0 aromatic carbocycles. The van der Waals surface area contributed by atoms with Crippen molar-refractivity contribution in [1.29, 1.82) is 0 Å². The average Bonchev–Trinajstić information content (AvgIpc) is 2.13. The van der Waals surface area contributed by atoms with Crippen LogP contribution in [0.25, 0.3) is 0 Å². The highest BCUT2D eigenvalue weighted by Gasteiger charge is 2.50. The quantitative estimate of drug-likeness (QED) is 0.685. The molecule has 1 fully saturated rings. The highest BCUT2D eigenvalue weighted by molar-refractivity contribution is 6.21. The first kappa shape index (κ1) is 13.1. The predicted octanol–water partition coefficient (Wildman–Crippen LogP) is 3.75. The molecule has 3 unspecified atom stereocenters. The van der Waals surface area contributed by atoms with E-state index >= 15 is 0 Å². The van der Waals surface area contributed by atoms with Gasteiger partial charge in [0.25, 0.3) is 0 Å². The molecule has 1 nitrogen and oxygen atoms in total. The molecule has 0 bridgehead atoms. The van der Waals surface area contributed by atoms with Crippen LogP contribution < -0.4 is 0 Å². The smallest absolute Gasteiger partial charge is 0.377 e. The van der Waals surface area contributed by atoms with E-state index in [0.717, 1.165) is 6.42 Å². The summed E-state index contributed by atoms with van der Waals surface area (Å²) in [4.78, 5) is 0. The van der Waals surface area contributed by atoms with E-state index in [-0.39, 0.29) is 23.5 Å². The standard InChI is InChI=1S/C10H16ClF3O/c1-3-9(2)7(11)6-8(9)15-5-4-10(12,13)14/h7-8H,3-6H2,1-2H3. The second kappa shape index (κ2) is 4.50. The van der Waals surface area contributed by atoms with Crippen molar-refractivity contribution in [2.45, 2.75) is 50.8 Å². The highest BCUT2D eigenvalue weighted by Crippen LogP contribution is 2.49. The van der Waals surface area contributed by atoms with Crippen LogP contribution in [0.2, 0.25) is 0 Å². The first-order valence-electron chi connectivity index (χ1n) is 5.12. The number of hydrogen-bond acceptors (Lipinski definition) is 1. The summed E-state index contributed by atoms with van der Waals surface area (Å²) in [6, 6.07) is 0. The number of ether oxygens (including phenoxy) is 1. The largest absolute Gasteiger partial charge is 0.391 e. The van der Waals surface area contributed by atoms with Crippen molar-refractivity contribution in [3.8, 4) is 0 Å². The maximum absolute atomic E-state index is 11.9. The Morgan fingerprint density at radius 3 is 2.47 bits per heavy atom. The maximum Gasteiger partial charge on any atom is 0.391 e. The van der Waals surface area contributed by atoms with Crippen LogP contribution in [0, 0.1) is 5.41 Å². The molecule has 0 aromatic heterocycles. The van der Waals surface area contributed by atoms with Gasteiger partial charge in [-0.05, 0) is 12.8 Å². The van der Waals surface area contributed by atoms with Gasteiger partial charge in [0.2, 0.25) is 0 Å². The zero-order valence-corrected chi connectivity index (χ0v) is 9.66. The molecule has 90 valence electrons. The number of rotatable bonds is 4. The third-order valence-electron chi connectivity index (χ3n) is 3.34. The van der Waals surface area contributed by atoms with Crippen LogP contribution in [-0.2, 0) is 4.74 Å². The van der Waals surface area contributed by atoms with Gasteiger partial charge in [-0.2, -0.15) is 13.2 Å². The number of hydrogen-bond donors (Lipinski definition) is 0. The van der Waals surface area contributed by atoms with Crippen molar-refractivity contribution in [2.75, 3.05) is 6.61 Å². The van der Waals surface area contributed by atoms with Crippen molar-refractivity contribution in [3.05, 3.63) is 0 Å². The minimum Gasteiger partial charge on any atom is -0.377 e. The first-order chi connectivity index (χ1) is 6.79. The fourth-order valence-corrected chi connectivity index (χ4v) is 2.25. The second-order valence-electron chi connectivity index (χ2n) is 4.29. The molecule has 0 radical (unpaired) electrons. The third-order valence-corrected chi connectivity index (χ3v) is 4.02. The molecule has 0 spiro atoms. The maximum atomic E-state index is 11.9. The lowest BCUT2D eigenvalue weighted by Crippen LogP contribution is -2.53. The predicted molar refractivity (Wildman–Crippen MR) is 53.1 cm³/mol. The van der Waals surface area contributed by atoms with Gasteiger partial charge in [0.1, 0.15) is 0 Å². The molecule has 0 heterocycles. The van der Waals surface area contributed by atoms with Gasteiger partial charge in [0, 0.05) is 10.8 Å². The van der Waals surface area contributed by atoms with Crippen molar-refractivity contribution in [1.82, 2.24) is 0 Å². The Kier molecular flexibility index (Phi) is 3.93. The summed E-state index contributed by atoms with van der Waals surface area (Å²) in [6.07, 6.45) is -3.64. The molecule has 1 rings (SSSR count). The van der Waals surface area contributed by atoms with E-state index in [1.54, 1.807) is 0 Å². The molecular weight excluding hydrogens is 229 g/mol. The van der Waals surface area contributed by atoms with Gasteiger partial charge >= 0.3 is 6.18 Å². The molecule has 3 atom stereocenters. The van der Waals surface area contributed by atoms with Crippen molar-refractivity contribution >= 4 is 11.6 Å². The molecule has 1 saturated carbocycles. The van der Waals surface area contributed by atoms with Crippen LogP contribution in [0.3, 0.4) is 0 Å². The van der Waals surface area contributed by atoms with Gasteiger partial charge in [-0.3, -0.25) is 0 Å². The summed E-state index contributed by atoms with van der Waals surface area (Å²) in [5, 5.41) is 0.0263. The van der Waals surface area contributed by atoms with Gasteiger partial charge in [-0.15, -0.1) is 11.6 Å². The number of halogens is 4. The van der Waals surface area contributed by atoms with Gasteiger partial charge in [0.05, 0.1) is 19.1 Å². The van der Waals surface area contributed by atoms with Gasteiger partial charge in [0.15, 0.2) is 0 Å². The normalized spacial score (nSPS) is 36.4. The molecule has 0 aromatic rings. The molecule has 0 saturated heterocycles. The van der Waals surface area contributed by atoms with Crippen LogP contribution >= 0.6 is 11.6 Å². The van der Waals surface area contributed by atoms with Crippen molar-refractivity contribution in [3.63, 3.8) is 0 Å². The second-order valence-corrected chi connectivity index (χ2v) is 4.81. The highest BCUT2D eigenvalue weighted by atomic mass is 35.5. The van der Waals surface area contributed by atoms with Crippen LogP contribution in [0.1, 0.15) is 33.1 Å². The molecular formula is C10H16ClF3O. The third kappa shape index (κ3) is 3.00. The Morgan fingerprint density at radius 2 is 2.07 bits per heavy atom. The SMILES string of the molecule is CCC1(C)C(Cl)CC1OCCC(F)(F)F. The van der Waals surface area contributed by atoms with Crippen LogP contribution in [0.4, 0.5) is 13.2 Å². The van der Waals surface area contributed by atoms with Gasteiger partial charge in [-0.25, -0.2) is 0 Å². The molecule has 5 heteroatoms. The Bertz CT molecular complexity index is 219. The molecule has 15 heavy (non-hydrogen) atoms. The summed E-state index contributed by atoms with van der Waals surface area (Å²) in [5.41, 5.74) is -0.160.